The fourth-order valence-electron chi connectivity index (χ4n) is 3.09. The Morgan fingerprint density at radius 3 is 1.96 bits per heavy atom. The SMILES string of the molecule is CCCCCCCCCCCCOc1ccc(C2N=CCC=N2)cc1. The highest BCUT2D eigenvalue weighted by molar-refractivity contribution is 5.81. The van der Waals surface area contributed by atoms with E-state index in [1.165, 1.54) is 57.8 Å². The number of benzene rings is 1. The zero-order valence-corrected chi connectivity index (χ0v) is 15.8. The van der Waals surface area contributed by atoms with Crippen LogP contribution < -0.4 is 4.74 Å². The molecule has 0 spiro atoms. The quantitative estimate of drug-likeness (QED) is 0.375. The van der Waals surface area contributed by atoms with Crippen molar-refractivity contribution in [3.05, 3.63) is 29.8 Å². The van der Waals surface area contributed by atoms with Gasteiger partial charge in [0, 0.05) is 18.9 Å². The molecule has 0 atom stereocenters. The fraction of sp³-hybridized carbons (Fsp3) is 0.636. The maximum atomic E-state index is 5.84. The lowest BCUT2D eigenvalue weighted by atomic mass is 10.1. The van der Waals surface area contributed by atoms with Gasteiger partial charge in [-0.2, -0.15) is 0 Å². The van der Waals surface area contributed by atoms with E-state index in [4.69, 9.17) is 4.74 Å². The molecule has 1 aliphatic rings. The minimum atomic E-state index is -0.0650. The molecule has 0 N–H and O–H groups in total. The van der Waals surface area contributed by atoms with Crippen molar-refractivity contribution in [3.63, 3.8) is 0 Å². The molecule has 0 aromatic heterocycles. The normalized spacial score (nSPS) is 14.1. The van der Waals surface area contributed by atoms with Gasteiger partial charge in [0.2, 0.25) is 0 Å². The van der Waals surface area contributed by atoms with Crippen LogP contribution in [-0.2, 0) is 0 Å². The van der Waals surface area contributed by atoms with Crippen LogP contribution in [0.5, 0.6) is 5.75 Å². The van der Waals surface area contributed by atoms with E-state index in [-0.39, 0.29) is 6.17 Å². The summed E-state index contributed by atoms with van der Waals surface area (Å²) in [7, 11) is 0. The smallest absolute Gasteiger partial charge is 0.164 e. The molecule has 0 aliphatic carbocycles. The highest BCUT2D eigenvalue weighted by Crippen LogP contribution is 2.23. The molecule has 1 aromatic rings. The first kappa shape index (κ1) is 19.7. The summed E-state index contributed by atoms with van der Waals surface area (Å²) < 4.78 is 5.84. The van der Waals surface area contributed by atoms with Crippen LogP contribution in [-0.4, -0.2) is 19.0 Å². The Morgan fingerprint density at radius 2 is 1.36 bits per heavy atom. The van der Waals surface area contributed by atoms with Crippen LogP contribution in [0.15, 0.2) is 34.3 Å². The highest BCUT2D eigenvalue weighted by Gasteiger charge is 2.08. The van der Waals surface area contributed by atoms with Crippen LogP contribution in [0.3, 0.4) is 0 Å². The van der Waals surface area contributed by atoms with Crippen molar-refractivity contribution < 1.29 is 4.74 Å². The van der Waals surface area contributed by atoms with E-state index >= 15 is 0 Å². The Bertz CT molecular complexity index is 495. The third kappa shape index (κ3) is 8.33. The van der Waals surface area contributed by atoms with Gasteiger partial charge in [0.1, 0.15) is 5.75 Å². The van der Waals surface area contributed by atoms with Gasteiger partial charge >= 0.3 is 0 Å². The molecule has 0 saturated carbocycles. The Balaban J connectivity index is 1.49. The van der Waals surface area contributed by atoms with E-state index in [2.05, 4.69) is 29.0 Å². The first-order valence-electron chi connectivity index (χ1n) is 10.2. The van der Waals surface area contributed by atoms with Gasteiger partial charge in [0.25, 0.3) is 0 Å². The van der Waals surface area contributed by atoms with Crippen LogP contribution in [0.25, 0.3) is 0 Å². The molecule has 0 fully saturated rings. The molecule has 0 saturated heterocycles. The summed E-state index contributed by atoms with van der Waals surface area (Å²) in [6.45, 7) is 3.09. The second kappa shape index (κ2) is 12.7. The third-order valence-electron chi connectivity index (χ3n) is 4.65. The van der Waals surface area contributed by atoms with Crippen LogP contribution >= 0.6 is 0 Å². The predicted octanol–water partition coefficient (Wildman–Crippen LogP) is 6.53. The number of hydrogen-bond acceptors (Lipinski definition) is 3. The lowest BCUT2D eigenvalue weighted by Gasteiger charge is -2.11. The van der Waals surface area contributed by atoms with Crippen molar-refractivity contribution in [2.75, 3.05) is 6.61 Å². The van der Waals surface area contributed by atoms with Gasteiger partial charge in [0.15, 0.2) is 6.17 Å². The van der Waals surface area contributed by atoms with E-state index in [1.54, 1.807) is 0 Å². The minimum absolute atomic E-state index is 0.0650. The molecule has 0 radical (unpaired) electrons. The Morgan fingerprint density at radius 1 is 0.800 bits per heavy atom. The third-order valence-corrected chi connectivity index (χ3v) is 4.65. The van der Waals surface area contributed by atoms with Gasteiger partial charge in [-0.3, -0.25) is 9.98 Å². The van der Waals surface area contributed by atoms with Crippen molar-refractivity contribution in [1.29, 1.82) is 0 Å². The second-order valence-electron chi connectivity index (χ2n) is 6.87. The van der Waals surface area contributed by atoms with E-state index in [9.17, 15) is 0 Å². The fourth-order valence-corrected chi connectivity index (χ4v) is 3.09. The van der Waals surface area contributed by atoms with Crippen molar-refractivity contribution >= 4 is 12.4 Å². The Labute approximate surface area is 153 Å². The monoisotopic (exact) mass is 342 g/mol. The number of hydrogen-bond donors (Lipinski definition) is 0. The van der Waals surface area contributed by atoms with Crippen LogP contribution in [0.4, 0.5) is 0 Å². The van der Waals surface area contributed by atoms with E-state index in [0.29, 0.717) is 0 Å². The first-order chi connectivity index (χ1) is 12.4. The molecule has 138 valence electrons. The molecule has 3 heteroatoms. The minimum Gasteiger partial charge on any atom is -0.494 e. The molecule has 2 rings (SSSR count). The van der Waals surface area contributed by atoms with Crippen molar-refractivity contribution in [2.24, 2.45) is 9.98 Å². The highest BCUT2D eigenvalue weighted by atomic mass is 16.5. The molecule has 1 aliphatic heterocycles. The zero-order chi connectivity index (χ0) is 17.6. The van der Waals surface area contributed by atoms with Gasteiger partial charge in [0.05, 0.1) is 6.61 Å². The standard InChI is InChI=1S/C22H34N2O/c1-2-3-4-5-6-7-8-9-10-11-19-25-21-15-13-20(14-16-21)22-23-17-12-18-24-22/h13-18,22H,2-12,19H2,1H3. The zero-order valence-electron chi connectivity index (χ0n) is 15.8. The molecule has 3 nitrogen and oxygen atoms in total. The first-order valence-corrected chi connectivity index (χ1v) is 10.2. The number of nitrogens with zero attached hydrogens (tertiary/aromatic N) is 2. The van der Waals surface area contributed by atoms with Crippen LogP contribution in [0.2, 0.25) is 0 Å². The molecule has 1 aromatic carbocycles. The van der Waals surface area contributed by atoms with Gasteiger partial charge in [-0.1, -0.05) is 76.8 Å². The number of aliphatic imine (C=N–C) groups is 2. The van der Waals surface area contributed by atoms with Crippen LogP contribution in [0.1, 0.15) is 89.3 Å². The topological polar surface area (TPSA) is 34.0 Å². The summed E-state index contributed by atoms with van der Waals surface area (Å²) in [6.07, 6.45) is 18.2. The van der Waals surface area contributed by atoms with E-state index in [1.807, 2.05) is 24.6 Å². The number of rotatable bonds is 13. The van der Waals surface area contributed by atoms with Crippen LogP contribution in [0, 0.1) is 0 Å². The molecule has 0 bridgehead atoms. The average molecular weight is 343 g/mol. The lowest BCUT2D eigenvalue weighted by molar-refractivity contribution is 0.304. The number of ether oxygens (including phenoxy) is 1. The summed E-state index contributed by atoms with van der Waals surface area (Å²) in [6, 6.07) is 8.20. The summed E-state index contributed by atoms with van der Waals surface area (Å²) in [5.41, 5.74) is 1.12. The summed E-state index contributed by atoms with van der Waals surface area (Å²) in [4.78, 5) is 8.79. The van der Waals surface area contributed by atoms with Gasteiger partial charge in [-0.15, -0.1) is 0 Å². The largest absolute Gasteiger partial charge is 0.494 e. The van der Waals surface area contributed by atoms with Gasteiger partial charge < -0.3 is 4.74 Å². The maximum absolute atomic E-state index is 5.84. The van der Waals surface area contributed by atoms with Crippen molar-refractivity contribution in [3.8, 4) is 5.75 Å². The molecule has 25 heavy (non-hydrogen) atoms. The summed E-state index contributed by atoms with van der Waals surface area (Å²) in [5, 5.41) is 0. The Hall–Kier alpha value is -1.64. The number of unbranched alkanes of at least 4 members (excludes halogenated alkanes) is 9. The Kier molecular flexibility index (Phi) is 9.99. The summed E-state index contributed by atoms with van der Waals surface area (Å²) in [5.74, 6) is 0.948. The maximum Gasteiger partial charge on any atom is 0.164 e. The summed E-state index contributed by atoms with van der Waals surface area (Å²) >= 11 is 0. The average Bonchev–Trinajstić information content (AvgIpc) is 2.67. The van der Waals surface area contributed by atoms with Crippen molar-refractivity contribution in [2.45, 2.75) is 83.7 Å². The molecular formula is C22H34N2O. The van der Waals surface area contributed by atoms with Gasteiger partial charge in [-0.25, -0.2) is 0 Å². The van der Waals surface area contributed by atoms with E-state index in [0.717, 1.165) is 30.8 Å². The molecular weight excluding hydrogens is 308 g/mol. The van der Waals surface area contributed by atoms with E-state index < -0.39 is 0 Å². The molecule has 0 amide bonds. The predicted molar refractivity (Wildman–Crippen MR) is 108 cm³/mol. The lowest BCUT2D eigenvalue weighted by Crippen LogP contribution is -2.00. The van der Waals surface area contributed by atoms with Crippen molar-refractivity contribution in [1.82, 2.24) is 0 Å². The second-order valence-corrected chi connectivity index (χ2v) is 6.87. The molecule has 0 unspecified atom stereocenters. The van der Waals surface area contributed by atoms with Gasteiger partial charge in [-0.05, 0) is 24.1 Å². The molecule has 1 heterocycles.